The summed E-state index contributed by atoms with van der Waals surface area (Å²) in [6, 6.07) is 7.11. The minimum Gasteiger partial charge on any atom is -0.422 e. The number of ether oxygens (including phenoxy) is 2. The largest absolute Gasteiger partial charge is 0.422 e. The number of unbranched alkanes of at least 4 members (excludes halogenated alkanes) is 10. The van der Waals surface area contributed by atoms with E-state index in [9.17, 15) is 9.59 Å². The second kappa shape index (κ2) is 21.3. The first-order chi connectivity index (χ1) is 17.6. The van der Waals surface area contributed by atoms with Gasteiger partial charge in [0.05, 0.1) is 11.8 Å². The summed E-state index contributed by atoms with van der Waals surface area (Å²) >= 11 is 0. The van der Waals surface area contributed by atoms with Gasteiger partial charge in [-0.2, -0.15) is 0 Å². The first-order valence-corrected chi connectivity index (χ1v) is 15.1. The van der Waals surface area contributed by atoms with Crippen molar-refractivity contribution in [2.75, 3.05) is 0 Å². The highest BCUT2D eigenvalue weighted by molar-refractivity contribution is 5.78. The van der Waals surface area contributed by atoms with E-state index >= 15 is 0 Å². The molecule has 4 heteroatoms. The van der Waals surface area contributed by atoms with Crippen molar-refractivity contribution in [2.45, 2.75) is 143 Å². The standard InChI is InChI=1S/C32H54O4/c1-5-9-11-13-15-17-23-27(21-7-3)31(33)35-29-25-19-20-26-30(29)36-32(34)28(22-8-4)24-18-16-14-12-10-6-2/h19-20,25-28H,5-18,21-24H2,1-4H3. The third-order valence-electron chi connectivity index (χ3n) is 7.02. The van der Waals surface area contributed by atoms with Gasteiger partial charge in [0, 0.05) is 0 Å². The minimum absolute atomic E-state index is 0.106. The summed E-state index contributed by atoms with van der Waals surface area (Å²) in [5, 5.41) is 0. The lowest BCUT2D eigenvalue weighted by molar-refractivity contribution is -0.142. The molecule has 0 saturated heterocycles. The maximum Gasteiger partial charge on any atom is 0.314 e. The van der Waals surface area contributed by atoms with Crippen molar-refractivity contribution >= 4 is 11.9 Å². The van der Waals surface area contributed by atoms with Crippen LogP contribution in [0.1, 0.15) is 143 Å². The molecular formula is C32H54O4. The molecule has 0 fully saturated rings. The normalized spacial score (nSPS) is 12.8. The second-order valence-electron chi connectivity index (χ2n) is 10.4. The number of rotatable bonds is 22. The lowest BCUT2D eigenvalue weighted by Gasteiger charge is -2.18. The van der Waals surface area contributed by atoms with E-state index in [-0.39, 0.29) is 23.8 Å². The van der Waals surface area contributed by atoms with Crippen LogP contribution in [0.3, 0.4) is 0 Å². The van der Waals surface area contributed by atoms with Crippen molar-refractivity contribution in [2.24, 2.45) is 11.8 Å². The Morgan fingerprint density at radius 3 is 1.25 bits per heavy atom. The van der Waals surface area contributed by atoms with Crippen molar-refractivity contribution in [3.63, 3.8) is 0 Å². The van der Waals surface area contributed by atoms with Gasteiger partial charge in [-0.15, -0.1) is 0 Å². The topological polar surface area (TPSA) is 52.6 Å². The number of para-hydroxylation sites is 2. The van der Waals surface area contributed by atoms with Crippen molar-refractivity contribution in [3.05, 3.63) is 24.3 Å². The molecule has 4 nitrogen and oxygen atoms in total. The fourth-order valence-electron chi connectivity index (χ4n) is 4.80. The summed E-state index contributed by atoms with van der Waals surface area (Å²) in [6.45, 7) is 8.66. The van der Waals surface area contributed by atoms with Crippen LogP contribution in [-0.2, 0) is 9.59 Å². The molecule has 0 N–H and O–H groups in total. The highest BCUT2D eigenvalue weighted by atomic mass is 16.6. The average Bonchev–Trinajstić information content (AvgIpc) is 2.87. The molecule has 0 aliphatic rings. The number of hydrogen-bond acceptors (Lipinski definition) is 4. The molecule has 0 bridgehead atoms. The molecule has 1 rings (SSSR count). The van der Waals surface area contributed by atoms with Crippen LogP contribution in [0.15, 0.2) is 24.3 Å². The van der Waals surface area contributed by atoms with E-state index in [1.54, 1.807) is 12.1 Å². The number of benzene rings is 1. The predicted molar refractivity (Wildman–Crippen MR) is 150 cm³/mol. The van der Waals surface area contributed by atoms with Gasteiger partial charge >= 0.3 is 11.9 Å². The molecule has 36 heavy (non-hydrogen) atoms. The lowest BCUT2D eigenvalue weighted by atomic mass is 9.96. The molecule has 1 aromatic carbocycles. The van der Waals surface area contributed by atoms with Gasteiger partial charge < -0.3 is 9.47 Å². The van der Waals surface area contributed by atoms with E-state index in [2.05, 4.69) is 27.7 Å². The number of carbonyl (C=O) groups excluding carboxylic acids is 2. The Hall–Kier alpha value is -1.84. The van der Waals surface area contributed by atoms with Crippen LogP contribution in [0, 0.1) is 11.8 Å². The Labute approximate surface area is 221 Å². The first kappa shape index (κ1) is 32.2. The molecule has 2 atom stereocenters. The Morgan fingerprint density at radius 2 is 0.889 bits per heavy atom. The van der Waals surface area contributed by atoms with E-state index in [0.29, 0.717) is 11.5 Å². The van der Waals surface area contributed by atoms with Gasteiger partial charge in [0.1, 0.15) is 0 Å². The molecule has 0 aliphatic carbocycles. The smallest absolute Gasteiger partial charge is 0.314 e. The zero-order chi connectivity index (χ0) is 26.4. The van der Waals surface area contributed by atoms with Crippen LogP contribution in [0.2, 0.25) is 0 Å². The summed E-state index contributed by atoms with van der Waals surface area (Å²) in [6.07, 6.45) is 19.8. The van der Waals surface area contributed by atoms with Gasteiger partial charge in [-0.1, -0.05) is 130 Å². The van der Waals surface area contributed by atoms with E-state index in [0.717, 1.165) is 51.4 Å². The SMILES string of the molecule is CCCCCCCCC(CCC)C(=O)Oc1ccccc1OC(=O)C(CCC)CCCCCCCC. The van der Waals surface area contributed by atoms with Crippen molar-refractivity contribution in [1.82, 2.24) is 0 Å². The van der Waals surface area contributed by atoms with Gasteiger partial charge in [-0.3, -0.25) is 9.59 Å². The Bertz CT molecular complexity index is 640. The zero-order valence-electron chi connectivity index (χ0n) is 23.8. The summed E-state index contributed by atoms with van der Waals surface area (Å²) in [5.41, 5.74) is 0. The number of carbonyl (C=O) groups is 2. The van der Waals surface area contributed by atoms with E-state index in [1.165, 1.54) is 64.2 Å². The molecule has 1 aromatic rings. The first-order valence-electron chi connectivity index (χ1n) is 15.1. The molecular weight excluding hydrogens is 448 g/mol. The Morgan fingerprint density at radius 1 is 0.528 bits per heavy atom. The van der Waals surface area contributed by atoms with Crippen molar-refractivity contribution in [1.29, 1.82) is 0 Å². The van der Waals surface area contributed by atoms with Crippen LogP contribution < -0.4 is 9.47 Å². The van der Waals surface area contributed by atoms with E-state index in [4.69, 9.17) is 9.47 Å². The number of esters is 2. The monoisotopic (exact) mass is 502 g/mol. The maximum atomic E-state index is 13.0. The highest BCUT2D eigenvalue weighted by Gasteiger charge is 2.24. The minimum atomic E-state index is -0.203. The summed E-state index contributed by atoms with van der Waals surface area (Å²) < 4.78 is 11.6. The second-order valence-corrected chi connectivity index (χ2v) is 10.4. The highest BCUT2D eigenvalue weighted by Crippen LogP contribution is 2.30. The van der Waals surface area contributed by atoms with Gasteiger partial charge in [0.25, 0.3) is 0 Å². The molecule has 0 heterocycles. The third kappa shape index (κ3) is 14.0. The fourth-order valence-corrected chi connectivity index (χ4v) is 4.80. The van der Waals surface area contributed by atoms with Crippen LogP contribution >= 0.6 is 0 Å². The molecule has 0 aliphatic heterocycles. The maximum absolute atomic E-state index is 13.0. The predicted octanol–water partition coefficient (Wildman–Crippen LogP) is 9.83. The van der Waals surface area contributed by atoms with Crippen molar-refractivity contribution < 1.29 is 19.1 Å². The molecule has 0 radical (unpaired) electrons. The molecule has 0 saturated carbocycles. The van der Waals surface area contributed by atoms with Gasteiger partial charge in [0.15, 0.2) is 11.5 Å². The summed E-state index contributed by atoms with van der Waals surface area (Å²) in [4.78, 5) is 26.1. The Kier molecular flexibility index (Phi) is 19.0. The zero-order valence-corrected chi connectivity index (χ0v) is 23.8. The molecule has 0 aromatic heterocycles. The lowest BCUT2D eigenvalue weighted by Crippen LogP contribution is -2.23. The van der Waals surface area contributed by atoms with Gasteiger partial charge in [-0.25, -0.2) is 0 Å². The summed E-state index contributed by atoms with van der Waals surface area (Å²) in [5.74, 6) is 0.0950. The van der Waals surface area contributed by atoms with Gasteiger partial charge in [-0.05, 0) is 37.8 Å². The quantitative estimate of drug-likeness (QED) is 0.0899. The summed E-state index contributed by atoms with van der Waals surface area (Å²) in [7, 11) is 0. The van der Waals surface area contributed by atoms with Crippen LogP contribution in [0.5, 0.6) is 11.5 Å². The van der Waals surface area contributed by atoms with Gasteiger partial charge in [0.2, 0.25) is 0 Å². The van der Waals surface area contributed by atoms with E-state index in [1.807, 2.05) is 12.1 Å². The van der Waals surface area contributed by atoms with Crippen LogP contribution in [0.4, 0.5) is 0 Å². The van der Waals surface area contributed by atoms with Crippen molar-refractivity contribution in [3.8, 4) is 11.5 Å². The average molecular weight is 503 g/mol. The molecule has 0 amide bonds. The Balaban J connectivity index is 2.68. The molecule has 206 valence electrons. The molecule has 0 spiro atoms. The fraction of sp³-hybridized carbons (Fsp3) is 0.750. The third-order valence-corrected chi connectivity index (χ3v) is 7.02. The van der Waals surface area contributed by atoms with E-state index < -0.39 is 0 Å². The van der Waals surface area contributed by atoms with Crippen LogP contribution in [-0.4, -0.2) is 11.9 Å². The van der Waals surface area contributed by atoms with Crippen LogP contribution in [0.25, 0.3) is 0 Å². The number of hydrogen-bond donors (Lipinski definition) is 0. The molecule has 2 unspecified atom stereocenters.